The van der Waals surface area contributed by atoms with Crippen LogP contribution in [0.4, 0.5) is 4.39 Å². The predicted molar refractivity (Wildman–Crippen MR) is 89.1 cm³/mol. The van der Waals surface area contributed by atoms with Crippen LogP contribution in [-0.4, -0.2) is 63.6 Å². The van der Waals surface area contributed by atoms with Crippen LogP contribution in [0.25, 0.3) is 0 Å². The van der Waals surface area contributed by atoms with Crippen LogP contribution in [0.3, 0.4) is 0 Å². The molecule has 0 radical (unpaired) electrons. The van der Waals surface area contributed by atoms with Crippen molar-refractivity contribution in [2.75, 3.05) is 26.3 Å². The Morgan fingerprint density at radius 3 is 2.46 bits per heavy atom. The number of sulfonamides is 1. The van der Waals surface area contributed by atoms with Gasteiger partial charge in [0.1, 0.15) is 16.8 Å². The summed E-state index contributed by atoms with van der Waals surface area (Å²) in [6.45, 7) is 4.28. The number of benzene rings is 1. The molecule has 1 amide bonds. The van der Waals surface area contributed by atoms with E-state index in [4.69, 9.17) is 9.47 Å². The summed E-state index contributed by atoms with van der Waals surface area (Å²) >= 11 is 0. The zero-order chi connectivity index (χ0) is 19.3. The summed E-state index contributed by atoms with van der Waals surface area (Å²) in [5, 5.41) is 0. The Morgan fingerprint density at radius 2 is 1.85 bits per heavy atom. The fraction of sp³-hybridized carbons (Fsp3) is 0.500. The topological polar surface area (TPSA) is 102 Å². The summed E-state index contributed by atoms with van der Waals surface area (Å²) in [5.74, 6) is -2.25. The van der Waals surface area contributed by atoms with E-state index in [9.17, 15) is 22.4 Å². The van der Waals surface area contributed by atoms with Crippen molar-refractivity contribution in [2.45, 2.75) is 30.9 Å². The molecular weight excluding hydrogens is 367 g/mol. The first-order valence-corrected chi connectivity index (χ1v) is 9.54. The maximum Gasteiger partial charge on any atom is 0.324 e. The molecule has 2 atom stereocenters. The summed E-state index contributed by atoms with van der Waals surface area (Å²) in [5.41, 5.74) is 0. The molecule has 0 spiro atoms. The van der Waals surface area contributed by atoms with E-state index in [-0.39, 0.29) is 5.91 Å². The van der Waals surface area contributed by atoms with Gasteiger partial charge in [0, 0.05) is 13.1 Å². The van der Waals surface area contributed by atoms with E-state index in [1.54, 1.807) is 0 Å². The fourth-order valence-corrected chi connectivity index (χ4v) is 3.65. The zero-order valence-electron chi connectivity index (χ0n) is 14.5. The van der Waals surface area contributed by atoms with Gasteiger partial charge in [-0.2, -0.15) is 4.72 Å². The molecule has 1 saturated heterocycles. The lowest BCUT2D eigenvalue weighted by molar-refractivity contribution is -0.161. The number of carbonyl (C=O) groups is 2. The first kappa shape index (κ1) is 20.3. The van der Waals surface area contributed by atoms with Crippen LogP contribution < -0.4 is 4.72 Å². The van der Waals surface area contributed by atoms with Crippen molar-refractivity contribution < 1.29 is 31.9 Å². The molecule has 1 aromatic carbocycles. The number of carbonyl (C=O) groups excluding carboxylic acids is 2. The predicted octanol–water partition coefficient (Wildman–Crippen LogP) is 0.283. The van der Waals surface area contributed by atoms with Gasteiger partial charge in [-0.25, -0.2) is 12.8 Å². The Balaban J connectivity index is 1.96. The molecule has 1 aliphatic heterocycles. The third kappa shape index (κ3) is 4.99. The van der Waals surface area contributed by atoms with E-state index in [0.29, 0.717) is 26.3 Å². The number of esters is 1. The highest BCUT2D eigenvalue weighted by molar-refractivity contribution is 7.89. The standard InChI is InChI=1S/C16H21FN2O6S/c1-11(18-26(22,23)14-6-4-3-5-13(14)17)16(21)25-12(2)15(20)19-7-9-24-10-8-19/h3-6,11-12,18H,7-10H2,1-2H3/t11-,12-/m1/s1. The van der Waals surface area contributed by atoms with Gasteiger partial charge < -0.3 is 14.4 Å². The van der Waals surface area contributed by atoms with Crippen molar-refractivity contribution in [3.63, 3.8) is 0 Å². The van der Waals surface area contributed by atoms with Crippen molar-refractivity contribution in [2.24, 2.45) is 0 Å². The van der Waals surface area contributed by atoms with E-state index < -0.39 is 38.9 Å². The summed E-state index contributed by atoms with van der Waals surface area (Å²) in [4.78, 5) is 25.2. The van der Waals surface area contributed by atoms with Crippen LogP contribution >= 0.6 is 0 Å². The van der Waals surface area contributed by atoms with Crippen molar-refractivity contribution in [3.8, 4) is 0 Å². The molecule has 10 heteroatoms. The average molecular weight is 388 g/mol. The second kappa shape index (κ2) is 8.56. The van der Waals surface area contributed by atoms with Crippen LogP contribution in [0.5, 0.6) is 0 Å². The number of amides is 1. The van der Waals surface area contributed by atoms with E-state index >= 15 is 0 Å². The second-order valence-electron chi connectivity index (χ2n) is 5.79. The lowest BCUT2D eigenvalue weighted by atomic mass is 10.3. The zero-order valence-corrected chi connectivity index (χ0v) is 15.3. The number of nitrogens with one attached hydrogen (secondary N) is 1. The van der Waals surface area contributed by atoms with Gasteiger partial charge in [-0.05, 0) is 26.0 Å². The molecule has 1 aromatic rings. The van der Waals surface area contributed by atoms with E-state index in [1.165, 1.54) is 30.9 Å². The van der Waals surface area contributed by atoms with Gasteiger partial charge in [-0.15, -0.1) is 0 Å². The molecule has 1 fully saturated rings. The molecule has 0 bridgehead atoms. The Morgan fingerprint density at radius 1 is 1.23 bits per heavy atom. The van der Waals surface area contributed by atoms with Gasteiger partial charge in [0.15, 0.2) is 6.10 Å². The second-order valence-corrected chi connectivity index (χ2v) is 7.47. The maximum absolute atomic E-state index is 13.7. The van der Waals surface area contributed by atoms with Gasteiger partial charge in [0.2, 0.25) is 10.0 Å². The number of nitrogens with zero attached hydrogens (tertiary/aromatic N) is 1. The lowest BCUT2D eigenvalue weighted by Crippen LogP contribution is -2.48. The van der Waals surface area contributed by atoms with Gasteiger partial charge in [-0.1, -0.05) is 12.1 Å². The van der Waals surface area contributed by atoms with E-state index in [0.717, 1.165) is 12.1 Å². The van der Waals surface area contributed by atoms with Crippen LogP contribution in [0.2, 0.25) is 0 Å². The van der Waals surface area contributed by atoms with Crippen molar-refractivity contribution in [1.29, 1.82) is 0 Å². The summed E-state index contributed by atoms with van der Waals surface area (Å²) in [6, 6.07) is 3.51. The molecule has 1 N–H and O–H groups in total. The van der Waals surface area contributed by atoms with Gasteiger partial charge in [0.05, 0.1) is 13.2 Å². The molecule has 0 unspecified atom stereocenters. The molecular formula is C16H21FN2O6S. The van der Waals surface area contributed by atoms with E-state index in [1.807, 2.05) is 4.72 Å². The Labute approximate surface area is 151 Å². The maximum atomic E-state index is 13.7. The normalized spacial score (nSPS) is 17.4. The quantitative estimate of drug-likeness (QED) is 0.703. The van der Waals surface area contributed by atoms with Crippen LogP contribution in [0.15, 0.2) is 29.2 Å². The fourth-order valence-electron chi connectivity index (χ4n) is 2.37. The molecule has 0 aliphatic carbocycles. The van der Waals surface area contributed by atoms with Crippen LogP contribution in [0, 0.1) is 5.82 Å². The van der Waals surface area contributed by atoms with Crippen molar-refractivity contribution >= 4 is 21.9 Å². The average Bonchev–Trinajstić information content (AvgIpc) is 2.61. The Bertz CT molecular complexity index is 764. The molecule has 0 saturated carbocycles. The Kier molecular flexibility index (Phi) is 6.68. The van der Waals surface area contributed by atoms with Crippen LogP contribution in [0.1, 0.15) is 13.8 Å². The first-order valence-electron chi connectivity index (χ1n) is 8.06. The number of hydrogen-bond donors (Lipinski definition) is 1. The highest BCUT2D eigenvalue weighted by atomic mass is 32.2. The summed E-state index contributed by atoms with van der Waals surface area (Å²) in [6.07, 6.45) is -1.07. The van der Waals surface area contributed by atoms with Crippen LogP contribution in [-0.2, 0) is 29.1 Å². The third-order valence-electron chi connectivity index (χ3n) is 3.78. The highest BCUT2D eigenvalue weighted by Gasteiger charge is 2.29. The molecule has 26 heavy (non-hydrogen) atoms. The third-order valence-corrected chi connectivity index (χ3v) is 5.35. The molecule has 8 nitrogen and oxygen atoms in total. The van der Waals surface area contributed by atoms with Crippen molar-refractivity contribution in [3.05, 3.63) is 30.1 Å². The highest BCUT2D eigenvalue weighted by Crippen LogP contribution is 2.14. The lowest BCUT2D eigenvalue weighted by Gasteiger charge is -2.29. The number of hydrogen-bond acceptors (Lipinski definition) is 6. The minimum Gasteiger partial charge on any atom is -0.451 e. The minimum absolute atomic E-state index is 0.384. The summed E-state index contributed by atoms with van der Waals surface area (Å²) in [7, 11) is -4.25. The van der Waals surface area contributed by atoms with Crippen molar-refractivity contribution in [1.82, 2.24) is 9.62 Å². The molecule has 144 valence electrons. The van der Waals surface area contributed by atoms with Gasteiger partial charge >= 0.3 is 5.97 Å². The first-order chi connectivity index (χ1) is 12.2. The minimum atomic E-state index is -4.25. The number of halogens is 1. The smallest absolute Gasteiger partial charge is 0.324 e. The van der Waals surface area contributed by atoms with Gasteiger partial charge in [-0.3, -0.25) is 9.59 Å². The number of morpholine rings is 1. The summed E-state index contributed by atoms with van der Waals surface area (Å²) < 4.78 is 50.3. The molecule has 1 heterocycles. The monoisotopic (exact) mass is 388 g/mol. The number of rotatable bonds is 6. The number of ether oxygens (including phenoxy) is 2. The molecule has 2 rings (SSSR count). The SMILES string of the molecule is C[C@@H](NS(=O)(=O)c1ccccc1F)C(=O)O[C@H](C)C(=O)N1CCOCC1. The largest absolute Gasteiger partial charge is 0.451 e. The van der Waals surface area contributed by atoms with E-state index in [2.05, 4.69) is 0 Å². The molecule has 0 aromatic heterocycles. The van der Waals surface area contributed by atoms with Gasteiger partial charge in [0.25, 0.3) is 5.91 Å². The molecule has 1 aliphatic rings. The Hall–Kier alpha value is -2.04.